The summed E-state index contributed by atoms with van der Waals surface area (Å²) in [5.74, 6) is 0.907. The van der Waals surface area contributed by atoms with Gasteiger partial charge in [-0.3, -0.25) is 9.89 Å². The van der Waals surface area contributed by atoms with E-state index in [0.717, 1.165) is 41.3 Å². The maximum Gasteiger partial charge on any atom is 0.251 e. The highest BCUT2D eigenvalue weighted by atomic mass is 16.5. The molecule has 0 atom stereocenters. The molecule has 3 aromatic rings. The van der Waals surface area contributed by atoms with E-state index in [1.54, 1.807) is 13.3 Å². The Morgan fingerprint density at radius 2 is 2.19 bits per heavy atom. The molecule has 1 amide bonds. The van der Waals surface area contributed by atoms with Crippen molar-refractivity contribution in [2.75, 3.05) is 13.7 Å². The number of benzene rings is 1. The third-order valence-electron chi connectivity index (χ3n) is 4.50. The zero-order valence-electron chi connectivity index (χ0n) is 16.0. The second kappa shape index (κ2) is 8.64. The minimum absolute atomic E-state index is 0.0753. The number of rotatable bonds is 8. The van der Waals surface area contributed by atoms with Gasteiger partial charge in [0.1, 0.15) is 5.82 Å². The van der Waals surface area contributed by atoms with Crippen molar-refractivity contribution in [2.24, 2.45) is 0 Å². The predicted octanol–water partition coefficient (Wildman–Crippen LogP) is 2.86. The van der Waals surface area contributed by atoms with E-state index in [9.17, 15) is 4.79 Å². The monoisotopic (exact) mass is 367 g/mol. The summed E-state index contributed by atoms with van der Waals surface area (Å²) in [6.07, 6.45) is 4.59. The fourth-order valence-corrected chi connectivity index (χ4v) is 3.11. The highest BCUT2D eigenvalue weighted by Crippen LogP contribution is 2.27. The van der Waals surface area contributed by atoms with Crippen LogP contribution >= 0.6 is 0 Å². The van der Waals surface area contributed by atoms with Gasteiger partial charge in [-0.25, -0.2) is 4.98 Å². The molecule has 0 unspecified atom stereocenters. The Balaban J connectivity index is 1.64. The summed E-state index contributed by atoms with van der Waals surface area (Å²) in [6, 6.07) is 7.59. The van der Waals surface area contributed by atoms with Gasteiger partial charge in [0.05, 0.1) is 12.3 Å². The molecule has 2 N–H and O–H groups in total. The third-order valence-corrected chi connectivity index (χ3v) is 4.50. The maximum atomic E-state index is 12.5. The molecule has 0 aliphatic heterocycles. The summed E-state index contributed by atoms with van der Waals surface area (Å²) >= 11 is 0. The normalized spacial score (nSPS) is 10.9. The number of aromatic amines is 1. The van der Waals surface area contributed by atoms with Gasteiger partial charge in [0.15, 0.2) is 0 Å². The first-order valence-electron chi connectivity index (χ1n) is 8.99. The number of aromatic nitrogens is 4. The van der Waals surface area contributed by atoms with Gasteiger partial charge in [-0.2, -0.15) is 5.10 Å². The molecule has 0 spiro atoms. The van der Waals surface area contributed by atoms with Crippen molar-refractivity contribution in [3.05, 3.63) is 59.4 Å². The van der Waals surface area contributed by atoms with Crippen molar-refractivity contribution in [1.29, 1.82) is 0 Å². The first-order valence-corrected chi connectivity index (χ1v) is 8.99. The number of carbonyl (C=O) groups is 1. The Hall–Kier alpha value is -2.93. The summed E-state index contributed by atoms with van der Waals surface area (Å²) in [6.45, 7) is 5.80. The molecule has 0 fully saturated rings. The lowest BCUT2D eigenvalue weighted by Gasteiger charge is -2.09. The number of methoxy groups -OCH3 is 1. The molecular formula is C20H25N5O2. The van der Waals surface area contributed by atoms with Crippen LogP contribution in [0.25, 0.3) is 11.1 Å². The van der Waals surface area contributed by atoms with Crippen molar-refractivity contribution in [3.63, 3.8) is 0 Å². The number of H-pyrrole nitrogens is 1. The molecule has 2 aromatic heterocycles. The molecule has 0 saturated carbocycles. The van der Waals surface area contributed by atoms with Crippen LogP contribution < -0.4 is 5.32 Å². The Morgan fingerprint density at radius 1 is 1.33 bits per heavy atom. The third kappa shape index (κ3) is 4.43. The summed E-state index contributed by atoms with van der Waals surface area (Å²) in [5, 5.41) is 10.3. The zero-order chi connectivity index (χ0) is 19.2. The van der Waals surface area contributed by atoms with Gasteiger partial charge in [-0.1, -0.05) is 12.1 Å². The van der Waals surface area contributed by atoms with Crippen LogP contribution in [0, 0.1) is 13.8 Å². The lowest BCUT2D eigenvalue weighted by atomic mass is 10.0. The quantitative estimate of drug-likeness (QED) is 0.600. The molecule has 7 nitrogen and oxygen atoms in total. The molecule has 0 bridgehead atoms. The summed E-state index contributed by atoms with van der Waals surface area (Å²) in [5.41, 5.74) is 4.37. The molecule has 2 heterocycles. The molecule has 7 heteroatoms. The molecule has 0 aliphatic rings. The number of ether oxygens (including phenoxy) is 1. The largest absolute Gasteiger partial charge is 0.378 e. The fraction of sp³-hybridized carbons (Fsp3) is 0.350. The van der Waals surface area contributed by atoms with E-state index in [0.29, 0.717) is 18.7 Å². The number of aryl methyl sites for hydroxylation is 3. The molecular weight excluding hydrogens is 342 g/mol. The second-order valence-electron chi connectivity index (χ2n) is 6.46. The predicted molar refractivity (Wildman–Crippen MR) is 103 cm³/mol. The van der Waals surface area contributed by atoms with Crippen LogP contribution in [0.4, 0.5) is 0 Å². The first kappa shape index (κ1) is 18.8. The van der Waals surface area contributed by atoms with Crippen molar-refractivity contribution in [2.45, 2.75) is 33.4 Å². The van der Waals surface area contributed by atoms with Crippen LogP contribution in [-0.2, 0) is 17.9 Å². The van der Waals surface area contributed by atoms with E-state index >= 15 is 0 Å². The van der Waals surface area contributed by atoms with Crippen LogP contribution in [0.5, 0.6) is 0 Å². The van der Waals surface area contributed by atoms with E-state index in [1.807, 2.05) is 44.3 Å². The number of nitrogens with one attached hydrogen (secondary N) is 2. The van der Waals surface area contributed by atoms with Crippen molar-refractivity contribution >= 4 is 5.91 Å². The Labute approximate surface area is 158 Å². The molecule has 1 aromatic carbocycles. The van der Waals surface area contributed by atoms with E-state index in [1.165, 1.54) is 0 Å². The standard InChI is InChI=1S/C20H25N5O2/c1-14-19(18(13-27-3)24-23-14)16-6-4-7-17(12-16)20(26)22-8-5-10-25-11-9-21-15(25)2/h4,6-7,9,11-12H,5,8,10,13H2,1-3H3,(H,22,26)(H,23,24). The Kier molecular flexibility index (Phi) is 6.03. The number of imidazole rings is 1. The van der Waals surface area contributed by atoms with Crippen LogP contribution in [-0.4, -0.2) is 39.3 Å². The molecule has 0 radical (unpaired) electrons. The number of amides is 1. The summed E-state index contributed by atoms with van der Waals surface area (Å²) in [7, 11) is 1.64. The van der Waals surface area contributed by atoms with E-state index < -0.39 is 0 Å². The van der Waals surface area contributed by atoms with Crippen LogP contribution in [0.3, 0.4) is 0 Å². The fourth-order valence-electron chi connectivity index (χ4n) is 3.11. The van der Waals surface area contributed by atoms with E-state index in [4.69, 9.17) is 4.74 Å². The molecule has 0 saturated heterocycles. The van der Waals surface area contributed by atoms with E-state index in [-0.39, 0.29) is 5.91 Å². The molecule has 0 aliphatic carbocycles. The van der Waals surface area contributed by atoms with E-state index in [2.05, 4.69) is 25.1 Å². The summed E-state index contributed by atoms with van der Waals surface area (Å²) in [4.78, 5) is 16.7. The smallest absolute Gasteiger partial charge is 0.251 e. The highest BCUT2D eigenvalue weighted by Gasteiger charge is 2.14. The highest BCUT2D eigenvalue weighted by molar-refractivity contribution is 5.95. The lowest BCUT2D eigenvalue weighted by molar-refractivity contribution is 0.0953. The number of hydrogen-bond acceptors (Lipinski definition) is 4. The van der Waals surface area contributed by atoms with Gasteiger partial charge in [0.25, 0.3) is 5.91 Å². The zero-order valence-corrected chi connectivity index (χ0v) is 16.0. The van der Waals surface area contributed by atoms with Gasteiger partial charge < -0.3 is 14.6 Å². The molecule has 142 valence electrons. The van der Waals surface area contributed by atoms with Crippen LogP contribution in [0.2, 0.25) is 0 Å². The minimum Gasteiger partial charge on any atom is -0.378 e. The number of carbonyl (C=O) groups excluding carboxylic acids is 1. The average molecular weight is 367 g/mol. The van der Waals surface area contributed by atoms with Gasteiger partial charge in [0, 0.05) is 49.4 Å². The minimum atomic E-state index is -0.0753. The second-order valence-corrected chi connectivity index (χ2v) is 6.46. The Morgan fingerprint density at radius 3 is 2.93 bits per heavy atom. The van der Waals surface area contributed by atoms with Crippen molar-refractivity contribution in [1.82, 2.24) is 25.1 Å². The topological polar surface area (TPSA) is 84.8 Å². The molecule has 3 rings (SSSR count). The van der Waals surface area contributed by atoms with Gasteiger partial charge >= 0.3 is 0 Å². The first-order chi connectivity index (χ1) is 13.1. The Bertz CT molecular complexity index is 913. The average Bonchev–Trinajstić information content (AvgIpc) is 3.24. The van der Waals surface area contributed by atoms with Crippen LogP contribution in [0.15, 0.2) is 36.7 Å². The lowest BCUT2D eigenvalue weighted by Crippen LogP contribution is -2.25. The van der Waals surface area contributed by atoms with Gasteiger partial charge in [-0.05, 0) is 38.0 Å². The van der Waals surface area contributed by atoms with Crippen LogP contribution in [0.1, 0.15) is 34.0 Å². The summed E-state index contributed by atoms with van der Waals surface area (Å²) < 4.78 is 7.29. The molecule has 27 heavy (non-hydrogen) atoms. The number of hydrogen-bond donors (Lipinski definition) is 2. The van der Waals surface area contributed by atoms with Crippen molar-refractivity contribution in [3.8, 4) is 11.1 Å². The van der Waals surface area contributed by atoms with Gasteiger partial charge in [-0.15, -0.1) is 0 Å². The van der Waals surface area contributed by atoms with Crippen molar-refractivity contribution < 1.29 is 9.53 Å². The SMILES string of the molecule is COCc1n[nH]c(C)c1-c1cccc(C(=O)NCCCn2ccnc2C)c1. The van der Waals surface area contributed by atoms with Gasteiger partial charge in [0.2, 0.25) is 0 Å². The maximum absolute atomic E-state index is 12.5. The number of nitrogens with zero attached hydrogens (tertiary/aromatic N) is 3.